The molecule has 1 atom stereocenters. The van der Waals surface area contributed by atoms with Crippen LogP contribution in [0.3, 0.4) is 0 Å². The summed E-state index contributed by atoms with van der Waals surface area (Å²) in [7, 11) is 2.01. The minimum atomic E-state index is -0.146. The van der Waals surface area contributed by atoms with Gasteiger partial charge in [0.15, 0.2) is 0 Å². The molecule has 0 amide bonds. The Hall–Kier alpha value is -0.740. The van der Waals surface area contributed by atoms with Gasteiger partial charge in [-0.05, 0) is 31.2 Å². The summed E-state index contributed by atoms with van der Waals surface area (Å²) in [6.07, 6.45) is 3.54. The minimum absolute atomic E-state index is 0.0228. The highest BCUT2D eigenvalue weighted by molar-refractivity contribution is 7.98. The Morgan fingerprint density at radius 3 is 2.78 bits per heavy atom. The van der Waals surface area contributed by atoms with E-state index in [1.165, 1.54) is 6.07 Å². The molecule has 1 aromatic carbocycles. The lowest BCUT2D eigenvalue weighted by atomic mass is 10.0. The molecule has 102 valence electrons. The van der Waals surface area contributed by atoms with Crippen LogP contribution in [-0.2, 0) is 6.42 Å². The molecule has 2 nitrogen and oxygen atoms in total. The summed E-state index contributed by atoms with van der Waals surface area (Å²) in [5.41, 5.74) is 7.67. The molecule has 1 unspecified atom stereocenters. The summed E-state index contributed by atoms with van der Waals surface area (Å²) in [5, 5.41) is 0. The van der Waals surface area contributed by atoms with Crippen LogP contribution in [0, 0.1) is 5.82 Å². The van der Waals surface area contributed by atoms with E-state index >= 15 is 0 Å². The summed E-state index contributed by atoms with van der Waals surface area (Å²) in [4.78, 5) is 2.11. The largest absolute Gasteiger partial charge is 0.373 e. The zero-order valence-corrected chi connectivity index (χ0v) is 12.3. The van der Waals surface area contributed by atoms with E-state index in [-0.39, 0.29) is 11.9 Å². The maximum Gasteiger partial charge on any atom is 0.128 e. The van der Waals surface area contributed by atoms with Crippen molar-refractivity contribution in [2.75, 3.05) is 30.5 Å². The van der Waals surface area contributed by atoms with Crippen molar-refractivity contribution in [1.29, 1.82) is 0 Å². The van der Waals surface area contributed by atoms with Crippen LogP contribution in [0.25, 0.3) is 0 Å². The van der Waals surface area contributed by atoms with E-state index in [1.54, 1.807) is 17.8 Å². The predicted molar refractivity (Wildman–Crippen MR) is 80.0 cm³/mol. The fourth-order valence-corrected chi connectivity index (χ4v) is 2.32. The van der Waals surface area contributed by atoms with Crippen LogP contribution in [-0.4, -0.2) is 31.6 Å². The van der Waals surface area contributed by atoms with Gasteiger partial charge in [-0.15, -0.1) is 0 Å². The van der Waals surface area contributed by atoms with Gasteiger partial charge in [0.2, 0.25) is 0 Å². The van der Waals surface area contributed by atoms with Crippen molar-refractivity contribution >= 4 is 17.4 Å². The van der Waals surface area contributed by atoms with Gasteiger partial charge in [-0.1, -0.05) is 13.0 Å². The van der Waals surface area contributed by atoms with Crippen molar-refractivity contribution in [1.82, 2.24) is 0 Å². The summed E-state index contributed by atoms with van der Waals surface area (Å²) >= 11 is 1.79. The first-order valence-electron chi connectivity index (χ1n) is 6.33. The molecule has 0 fully saturated rings. The molecule has 0 aliphatic carbocycles. The first kappa shape index (κ1) is 15.3. The van der Waals surface area contributed by atoms with E-state index in [4.69, 9.17) is 5.73 Å². The molecule has 4 heteroatoms. The Bertz CT molecular complexity index is 371. The Morgan fingerprint density at radius 1 is 1.44 bits per heavy atom. The number of nitrogens with two attached hydrogens (primary N) is 1. The Morgan fingerprint density at radius 2 is 2.17 bits per heavy atom. The molecular weight excluding hydrogens is 247 g/mol. The second-order valence-electron chi connectivity index (χ2n) is 4.52. The SMILES string of the molecule is CCC(N)Cc1c(F)cccc1N(C)CCSC. The molecule has 1 rings (SSSR count). The molecule has 2 N–H and O–H groups in total. The van der Waals surface area contributed by atoms with E-state index in [9.17, 15) is 4.39 Å². The standard InChI is InChI=1S/C14H23FN2S/c1-4-11(16)10-12-13(15)6-5-7-14(12)17(2)8-9-18-3/h5-7,11H,4,8-10,16H2,1-3H3. The maximum atomic E-state index is 13.9. The quantitative estimate of drug-likeness (QED) is 0.826. The molecular formula is C14H23FN2S. The van der Waals surface area contributed by atoms with Crippen LogP contribution in [0.2, 0.25) is 0 Å². The van der Waals surface area contributed by atoms with E-state index < -0.39 is 0 Å². The molecule has 1 aromatic rings. The van der Waals surface area contributed by atoms with Crippen molar-refractivity contribution in [3.05, 3.63) is 29.6 Å². The van der Waals surface area contributed by atoms with Gasteiger partial charge >= 0.3 is 0 Å². The van der Waals surface area contributed by atoms with Gasteiger partial charge in [0.25, 0.3) is 0 Å². The number of nitrogens with zero attached hydrogens (tertiary/aromatic N) is 1. The lowest BCUT2D eigenvalue weighted by Crippen LogP contribution is -2.26. The van der Waals surface area contributed by atoms with E-state index in [0.29, 0.717) is 6.42 Å². The van der Waals surface area contributed by atoms with Gasteiger partial charge < -0.3 is 10.6 Å². The summed E-state index contributed by atoms with van der Waals surface area (Å²) in [6, 6.07) is 5.28. The highest BCUT2D eigenvalue weighted by atomic mass is 32.2. The van der Waals surface area contributed by atoms with Crippen molar-refractivity contribution < 1.29 is 4.39 Å². The van der Waals surface area contributed by atoms with Crippen molar-refractivity contribution in [2.24, 2.45) is 5.73 Å². The maximum absolute atomic E-state index is 13.9. The highest BCUT2D eigenvalue weighted by Gasteiger charge is 2.14. The van der Waals surface area contributed by atoms with Gasteiger partial charge in [0, 0.05) is 36.6 Å². The zero-order valence-electron chi connectivity index (χ0n) is 11.4. The first-order valence-corrected chi connectivity index (χ1v) is 7.72. The smallest absolute Gasteiger partial charge is 0.128 e. The van der Waals surface area contributed by atoms with Crippen molar-refractivity contribution in [2.45, 2.75) is 25.8 Å². The predicted octanol–water partition coefficient (Wildman–Crippen LogP) is 2.90. The van der Waals surface area contributed by atoms with E-state index in [1.807, 2.05) is 20.0 Å². The highest BCUT2D eigenvalue weighted by Crippen LogP contribution is 2.24. The van der Waals surface area contributed by atoms with Gasteiger partial charge in [0.05, 0.1) is 0 Å². The van der Waals surface area contributed by atoms with Crippen LogP contribution in [0.4, 0.5) is 10.1 Å². The summed E-state index contributed by atoms with van der Waals surface area (Å²) < 4.78 is 13.9. The number of hydrogen-bond donors (Lipinski definition) is 1. The number of thioether (sulfide) groups is 1. The first-order chi connectivity index (χ1) is 8.60. The fraction of sp³-hybridized carbons (Fsp3) is 0.571. The van der Waals surface area contributed by atoms with Crippen molar-refractivity contribution in [3.8, 4) is 0 Å². The normalized spacial score (nSPS) is 12.5. The second-order valence-corrected chi connectivity index (χ2v) is 5.51. The van der Waals surface area contributed by atoms with Crippen molar-refractivity contribution in [3.63, 3.8) is 0 Å². The van der Waals surface area contributed by atoms with Crippen LogP contribution in [0.15, 0.2) is 18.2 Å². The molecule has 0 spiro atoms. The van der Waals surface area contributed by atoms with E-state index in [2.05, 4.69) is 11.2 Å². The molecule has 0 aromatic heterocycles. The number of rotatable bonds is 7. The third-order valence-electron chi connectivity index (χ3n) is 3.13. The minimum Gasteiger partial charge on any atom is -0.373 e. The number of anilines is 1. The monoisotopic (exact) mass is 270 g/mol. The summed E-state index contributed by atoms with van der Waals surface area (Å²) in [5.74, 6) is 0.888. The fourth-order valence-electron chi connectivity index (χ4n) is 1.86. The van der Waals surface area contributed by atoms with Gasteiger partial charge in [-0.2, -0.15) is 11.8 Å². The Balaban J connectivity index is 2.92. The molecule has 0 heterocycles. The number of hydrogen-bond acceptors (Lipinski definition) is 3. The topological polar surface area (TPSA) is 29.3 Å². The van der Waals surface area contributed by atoms with Gasteiger partial charge in [-0.25, -0.2) is 4.39 Å². The lowest BCUT2D eigenvalue weighted by molar-refractivity contribution is 0.578. The Kier molecular flexibility index (Phi) is 6.50. The molecule has 0 saturated heterocycles. The van der Waals surface area contributed by atoms with Crippen LogP contribution in [0.5, 0.6) is 0 Å². The second kappa shape index (κ2) is 7.64. The number of benzene rings is 1. The third kappa shape index (κ3) is 4.18. The van der Waals surface area contributed by atoms with Crippen LogP contribution < -0.4 is 10.6 Å². The molecule has 0 saturated carbocycles. The number of halogens is 1. The molecule has 18 heavy (non-hydrogen) atoms. The van der Waals surface area contributed by atoms with Gasteiger partial charge in [0.1, 0.15) is 5.82 Å². The Labute approximate surface area is 114 Å². The van der Waals surface area contributed by atoms with Crippen LogP contribution in [0.1, 0.15) is 18.9 Å². The van der Waals surface area contributed by atoms with E-state index in [0.717, 1.165) is 30.0 Å². The molecule has 0 aliphatic rings. The molecule has 0 radical (unpaired) electrons. The molecule has 0 bridgehead atoms. The average molecular weight is 270 g/mol. The molecule has 0 aliphatic heterocycles. The zero-order chi connectivity index (χ0) is 13.5. The third-order valence-corrected chi connectivity index (χ3v) is 3.72. The summed E-state index contributed by atoms with van der Waals surface area (Å²) in [6.45, 7) is 2.95. The average Bonchev–Trinajstić information content (AvgIpc) is 2.38. The van der Waals surface area contributed by atoms with Gasteiger partial charge in [-0.3, -0.25) is 0 Å². The van der Waals surface area contributed by atoms with Crippen LogP contribution >= 0.6 is 11.8 Å². The lowest BCUT2D eigenvalue weighted by Gasteiger charge is -2.23.